The van der Waals surface area contributed by atoms with Gasteiger partial charge in [-0.1, -0.05) is 133 Å². The molecule has 5 nitrogen and oxygen atoms in total. The lowest BCUT2D eigenvalue weighted by atomic mass is 10.0. The fraction of sp³-hybridized carbons (Fsp3) is 0. The SMILES string of the molecule is [2H]c1c([2H])c([2H])c(-c2cccc(-c3nc(-c4ccccc4)nc(-c4cccc5c4oc4cccc(-n6c7ccccc7c7ccccc76)c45)n3)c2)c([2H])c1[2H]. The highest BCUT2D eigenvalue weighted by Crippen LogP contribution is 2.41. The standard InChI is InChI=1S/C45H28N4O/c1-3-14-29(15-4-1)31-18-11-19-32(28-31)44-46-43(30-16-5-2-6-17-30)47-45(48-44)36-23-12-22-35-41-39(26-13-27-40(41)50-42(35)36)49-37-24-9-7-20-33(37)34-21-8-10-25-38(34)49/h1-28H/i1D,3D,4D,14D,15D. The predicted octanol–water partition coefficient (Wildman–Crippen LogP) is 11.5. The molecule has 0 atom stereocenters. The summed E-state index contributed by atoms with van der Waals surface area (Å²) >= 11 is 0. The number of rotatable bonds is 5. The van der Waals surface area contributed by atoms with Crippen molar-refractivity contribution in [1.29, 1.82) is 0 Å². The molecular weight excluding hydrogens is 613 g/mol. The summed E-state index contributed by atoms with van der Waals surface area (Å²) in [5, 5.41) is 4.22. The third kappa shape index (κ3) is 4.52. The van der Waals surface area contributed by atoms with Crippen LogP contribution in [-0.4, -0.2) is 19.5 Å². The maximum atomic E-state index is 8.58. The van der Waals surface area contributed by atoms with Gasteiger partial charge in [0.25, 0.3) is 0 Å². The van der Waals surface area contributed by atoms with E-state index in [1.807, 2.05) is 60.7 Å². The first kappa shape index (κ1) is 23.5. The molecule has 10 aromatic rings. The van der Waals surface area contributed by atoms with Crippen LogP contribution in [0.1, 0.15) is 6.85 Å². The molecule has 7 aromatic carbocycles. The zero-order valence-electron chi connectivity index (χ0n) is 31.5. The van der Waals surface area contributed by atoms with Crippen molar-refractivity contribution in [3.05, 3.63) is 170 Å². The Morgan fingerprint density at radius 2 is 1.08 bits per heavy atom. The zero-order valence-corrected chi connectivity index (χ0v) is 26.5. The molecule has 0 aliphatic heterocycles. The molecule has 0 N–H and O–H groups in total. The molecule has 3 aromatic heterocycles. The summed E-state index contributed by atoms with van der Waals surface area (Å²) in [6.07, 6.45) is 0. The van der Waals surface area contributed by atoms with Crippen LogP contribution in [0.2, 0.25) is 0 Å². The van der Waals surface area contributed by atoms with Crippen molar-refractivity contribution >= 4 is 43.7 Å². The number of benzene rings is 7. The first-order chi connectivity index (χ1) is 26.9. The fourth-order valence-electron chi connectivity index (χ4n) is 6.92. The molecule has 0 saturated heterocycles. The lowest BCUT2D eigenvalue weighted by Crippen LogP contribution is -2.00. The molecule has 10 rings (SSSR count). The van der Waals surface area contributed by atoms with E-state index in [-0.39, 0.29) is 17.6 Å². The van der Waals surface area contributed by atoms with Crippen LogP contribution >= 0.6 is 0 Å². The van der Waals surface area contributed by atoms with E-state index < -0.39 is 18.1 Å². The van der Waals surface area contributed by atoms with Gasteiger partial charge in [0.15, 0.2) is 17.5 Å². The van der Waals surface area contributed by atoms with E-state index in [9.17, 15) is 0 Å². The topological polar surface area (TPSA) is 56.7 Å². The highest BCUT2D eigenvalue weighted by molar-refractivity contribution is 6.16. The number of hydrogen-bond acceptors (Lipinski definition) is 4. The number of para-hydroxylation sites is 3. The first-order valence-corrected chi connectivity index (χ1v) is 16.3. The minimum absolute atomic E-state index is 0.108. The fourth-order valence-corrected chi connectivity index (χ4v) is 6.92. The lowest BCUT2D eigenvalue weighted by Gasteiger charge is -2.10. The predicted molar refractivity (Wildman–Crippen MR) is 203 cm³/mol. The van der Waals surface area contributed by atoms with Crippen LogP contribution in [0.25, 0.3) is 94.7 Å². The molecular formula is C45H28N4O. The van der Waals surface area contributed by atoms with Crippen LogP contribution in [0.15, 0.2) is 174 Å². The molecule has 0 unspecified atom stereocenters. The summed E-state index contributed by atoms with van der Waals surface area (Å²) in [6, 6.07) is 43.9. The van der Waals surface area contributed by atoms with Gasteiger partial charge in [0.05, 0.1) is 34.5 Å². The van der Waals surface area contributed by atoms with Gasteiger partial charge in [-0.2, -0.15) is 0 Å². The van der Waals surface area contributed by atoms with Crippen molar-refractivity contribution in [2.24, 2.45) is 0 Å². The van der Waals surface area contributed by atoms with Crippen molar-refractivity contribution in [3.63, 3.8) is 0 Å². The second-order valence-electron chi connectivity index (χ2n) is 12.1. The van der Waals surface area contributed by atoms with E-state index in [0.29, 0.717) is 39.7 Å². The second-order valence-corrected chi connectivity index (χ2v) is 12.1. The molecule has 0 aliphatic carbocycles. The van der Waals surface area contributed by atoms with Crippen molar-refractivity contribution in [2.75, 3.05) is 0 Å². The Balaban J connectivity index is 1.19. The summed E-state index contributed by atoms with van der Waals surface area (Å²) in [5.41, 5.74) is 7.19. The van der Waals surface area contributed by atoms with E-state index in [1.54, 1.807) is 18.2 Å². The highest BCUT2D eigenvalue weighted by atomic mass is 16.3. The maximum absolute atomic E-state index is 8.58. The third-order valence-electron chi connectivity index (χ3n) is 9.14. The molecule has 0 amide bonds. The summed E-state index contributed by atoms with van der Waals surface area (Å²) in [6.45, 7) is 0. The Bertz CT molecular complexity index is 3090. The molecule has 0 aliphatic rings. The van der Waals surface area contributed by atoms with Gasteiger partial charge in [0.2, 0.25) is 0 Å². The van der Waals surface area contributed by atoms with E-state index in [4.69, 9.17) is 26.2 Å². The lowest BCUT2D eigenvalue weighted by molar-refractivity contribution is 0.669. The molecule has 0 saturated carbocycles. The van der Waals surface area contributed by atoms with Crippen LogP contribution in [0, 0.1) is 0 Å². The van der Waals surface area contributed by atoms with E-state index >= 15 is 0 Å². The van der Waals surface area contributed by atoms with Crippen molar-refractivity contribution in [3.8, 4) is 51.0 Å². The van der Waals surface area contributed by atoms with Gasteiger partial charge in [0, 0.05) is 27.3 Å². The van der Waals surface area contributed by atoms with Gasteiger partial charge in [0.1, 0.15) is 11.2 Å². The quantitative estimate of drug-likeness (QED) is 0.187. The highest BCUT2D eigenvalue weighted by Gasteiger charge is 2.21. The summed E-state index contributed by atoms with van der Waals surface area (Å²) in [4.78, 5) is 14.9. The average molecular weight is 646 g/mol. The Kier molecular flexibility index (Phi) is 5.35. The molecule has 50 heavy (non-hydrogen) atoms. The maximum Gasteiger partial charge on any atom is 0.167 e. The van der Waals surface area contributed by atoms with Gasteiger partial charge in [-0.25, -0.2) is 15.0 Å². The van der Waals surface area contributed by atoms with Gasteiger partial charge < -0.3 is 8.98 Å². The van der Waals surface area contributed by atoms with Crippen LogP contribution in [0.3, 0.4) is 0 Å². The van der Waals surface area contributed by atoms with E-state index in [0.717, 1.165) is 38.6 Å². The van der Waals surface area contributed by atoms with Crippen LogP contribution in [0.4, 0.5) is 0 Å². The number of furan rings is 1. The minimum Gasteiger partial charge on any atom is -0.455 e. The largest absolute Gasteiger partial charge is 0.455 e. The number of nitrogens with zero attached hydrogens (tertiary/aromatic N) is 4. The summed E-state index contributed by atoms with van der Waals surface area (Å²) in [7, 11) is 0. The van der Waals surface area contributed by atoms with Crippen LogP contribution in [-0.2, 0) is 0 Å². The van der Waals surface area contributed by atoms with Crippen LogP contribution < -0.4 is 0 Å². The molecule has 0 radical (unpaired) electrons. The molecule has 3 heterocycles. The minimum atomic E-state index is -0.438. The van der Waals surface area contributed by atoms with E-state index in [2.05, 4.69) is 65.2 Å². The van der Waals surface area contributed by atoms with Gasteiger partial charge >= 0.3 is 0 Å². The summed E-state index contributed by atoms with van der Waals surface area (Å²) in [5.74, 6) is 1.21. The Hall–Kier alpha value is -6.85. The Labute approximate surface area is 294 Å². The van der Waals surface area contributed by atoms with Crippen molar-refractivity contribution in [2.45, 2.75) is 0 Å². The smallest absolute Gasteiger partial charge is 0.167 e. The first-order valence-electron chi connectivity index (χ1n) is 18.8. The van der Waals surface area contributed by atoms with Gasteiger partial charge in [-0.15, -0.1) is 0 Å². The van der Waals surface area contributed by atoms with Crippen molar-refractivity contribution in [1.82, 2.24) is 19.5 Å². The van der Waals surface area contributed by atoms with E-state index in [1.165, 1.54) is 10.8 Å². The monoisotopic (exact) mass is 645 g/mol. The summed E-state index contributed by atoms with van der Waals surface area (Å²) < 4.78 is 50.7. The second kappa shape index (κ2) is 11.4. The van der Waals surface area contributed by atoms with Crippen molar-refractivity contribution < 1.29 is 11.3 Å². The number of aromatic nitrogens is 4. The number of fused-ring (bicyclic) bond motifs is 6. The average Bonchev–Trinajstić information content (AvgIpc) is 3.79. The molecule has 0 bridgehead atoms. The molecule has 0 spiro atoms. The van der Waals surface area contributed by atoms with Gasteiger partial charge in [-0.3, -0.25) is 0 Å². The number of hydrogen-bond donors (Lipinski definition) is 0. The third-order valence-corrected chi connectivity index (χ3v) is 9.14. The molecule has 0 fully saturated rings. The molecule has 234 valence electrons. The van der Waals surface area contributed by atoms with Crippen LogP contribution in [0.5, 0.6) is 0 Å². The molecule has 5 heteroatoms. The zero-order chi connectivity index (χ0) is 37.4. The Morgan fingerprint density at radius 1 is 0.480 bits per heavy atom. The Morgan fingerprint density at radius 3 is 1.86 bits per heavy atom. The normalized spacial score (nSPS) is 13.0. The van der Waals surface area contributed by atoms with Gasteiger partial charge in [-0.05, 0) is 47.5 Å².